The van der Waals surface area contributed by atoms with Gasteiger partial charge in [-0.25, -0.2) is 4.39 Å². The number of nitrogens with zero attached hydrogens (tertiary/aromatic N) is 1. The average Bonchev–Trinajstić information content (AvgIpc) is 2.46. The predicted molar refractivity (Wildman–Crippen MR) is 79.3 cm³/mol. The molecule has 0 saturated carbocycles. The SMILES string of the molecule is Oc1ccc2ccccc2c1/C=N/c1cccc(F)c1. The van der Waals surface area contributed by atoms with Crippen LogP contribution < -0.4 is 0 Å². The predicted octanol–water partition coefficient (Wildman–Crippen LogP) is 4.44. The summed E-state index contributed by atoms with van der Waals surface area (Å²) in [6, 6.07) is 17.2. The standard InChI is InChI=1S/C17H12FNO/c18-13-5-3-6-14(10-13)19-11-16-15-7-2-1-4-12(15)8-9-17(16)20/h1-11,20H/b19-11+. The van der Waals surface area contributed by atoms with E-state index in [0.29, 0.717) is 11.3 Å². The Kier molecular flexibility index (Phi) is 3.17. The number of aliphatic imine (C=N–C) groups is 1. The van der Waals surface area contributed by atoms with Crippen molar-refractivity contribution in [2.45, 2.75) is 0 Å². The quantitative estimate of drug-likeness (QED) is 0.683. The van der Waals surface area contributed by atoms with Crippen molar-refractivity contribution >= 4 is 22.7 Å². The minimum Gasteiger partial charge on any atom is -0.507 e. The van der Waals surface area contributed by atoms with Crippen LogP contribution in [0.3, 0.4) is 0 Å². The molecule has 0 radical (unpaired) electrons. The van der Waals surface area contributed by atoms with Crippen molar-refractivity contribution in [1.82, 2.24) is 0 Å². The van der Waals surface area contributed by atoms with E-state index in [0.717, 1.165) is 10.8 Å². The average molecular weight is 265 g/mol. The summed E-state index contributed by atoms with van der Waals surface area (Å²) >= 11 is 0. The number of aromatic hydroxyl groups is 1. The van der Waals surface area contributed by atoms with Gasteiger partial charge in [0.05, 0.1) is 5.69 Å². The summed E-state index contributed by atoms with van der Waals surface area (Å²) in [6.45, 7) is 0. The Morgan fingerprint density at radius 2 is 1.80 bits per heavy atom. The van der Waals surface area contributed by atoms with Crippen LogP contribution in [0.1, 0.15) is 5.56 Å². The summed E-state index contributed by atoms with van der Waals surface area (Å²) in [5.74, 6) is -0.175. The Morgan fingerprint density at radius 1 is 0.950 bits per heavy atom. The first-order valence-electron chi connectivity index (χ1n) is 6.24. The van der Waals surface area contributed by atoms with E-state index < -0.39 is 0 Å². The summed E-state index contributed by atoms with van der Waals surface area (Å²) in [6.07, 6.45) is 1.56. The number of benzene rings is 3. The fourth-order valence-electron chi connectivity index (χ4n) is 2.12. The van der Waals surface area contributed by atoms with E-state index in [1.807, 2.05) is 30.3 Å². The lowest BCUT2D eigenvalue weighted by atomic mass is 10.0. The Balaban J connectivity index is 2.08. The molecule has 0 fully saturated rings. The van der Waals surface area contributed by atoms with Crippen molar-refractivity contribution in [3.05, 3.63) is 72.0 Å². The number of phenolic OH excluding ortho intramolecular Hbond substituents is 1. The third kappa shape index (κ3) is 2.38. The second kappa shape index (κ2) is 5.13. The lowest BCUT2D eigenvalue weighted by molar-refractivity contribution is 0.475. The Bertz CT molecular complexity index is 796. The number of phenols is 1. The zero-order chi connectivity index (χ0) is 13.9. The molecule has 1 N–H and O–H groups in total. The highest BCUT2D eigenvalue weighted by molar-refractivity contribution is 6.02. The first-order chi connectivity index (χ1) is 9.74. The van der Waals surface area contributed by atoms with Gasteiger partial charge in [0.1, 0.15) is 11.6 Å². The van der Waals surface area contributed by atoms with E-state index in [-0.39, 0.29) is 11.6 Å². The van der Waals surface area contributed by atoms with Crippen LogP contribution in [0.25, 0.3) is 10.8 Å². The summed E-state index contributed by atoms with van der Waals surface area (Å²) < 4.78 is 13.1. The van der Waals surface area contributed by atoms with Crippen molar-refractivity contribution in [3.63, 3.8) is 0 Å². The van der Waals surface area contributed by atoms with Gasteiger partial charge in [0.2, 0.25) is 0 Å². The lowest BCUT2D eigenvalue weighted by Gasteiger charge is -2.04. The second-order valence-electron chi connectivity index (χ2n) is 4.46. The van der Waals surface area contributed by atoms with Crippen LogP contribution in [0.4, 0.5) is 10.1 Å². The Hall–Kier alpha value is -2.68. The van der Waals surface area contributed by atoms with E-state index >= 15 is 0 Å². The topological polar surface area (TPSA) is 32.6 Å². The smallest absolute Gasteiger partial charge is 0.125 e. The van der Waals surface area contributed by atoms with Crippen LogP contribution in [-0.2, 0) is 0 Å². The molecule has 3 aromatic rings. The van der Waals surface area contributed by atoms with Crippen molar-refractivity contribution in [2.75, 3.05) is 0 Å². The fourth-order valence-corrected chi connectivity index (χ4v) is 2.12. The summed E-state index contributed by atoms with van der Waals surface area (Å²) in [7, 11) is 0. The van der Waals surface area contributed by atoms with Gasteiger partial charge >= 0.3 is 0 Å². The molecule has 0 spiro atoms. The molecule has 0 aliphatic rings. The molecular weight excluding hydrogens is 253 g/mol. The van der Waals surface area contributed by atoms with Crippen LogP contribution in [0, 0.1) is 5.82 Å². The highest BCUT2D eigenvalue weighted by atomic mass is 19.1. The zero-order valence-corrected chi connectivity index (χ0v) is 10.6. The molecule has 0 heterocycles. The maximum atomic E-state index is 13.1. The largest absolute Gasteiger partial charge is 0.507 e. The lowest BCUT2D eigenvalue weighted by Crippen LogP contribution is -1.85. The highest BCUT2D eigenvalue weighted by Crippen LogP contribution is 2.26. The third-order valence-corrected chi connectivity index (χ3v) is 3.10. The molecule has 0 aliphatic heterocycles. The van der Waals surface area contributed by atoms with Gasteiger partial charge in [-0.2, -0.15) is 0 Å². The minimum absolute atomic E-state index is 0.156. The Morgan fingerprint density at radius 3 is 2.65 bits per heavy atom. The van der Waals surface area contributed by atoms with E-state index in [2.05, 4.69) is 4.99 Å². The molecular formula is C17H12FNO. The molecule has 0 unspecified atom stereocenters. The first kappa shape index (κ1) is 12.4. The van der Waals surface area contributed by atoms with Crippen LogP contribution in [0.2, 0.25) is 0 Å². The second-order valence-corrected chi connectivity index (χ2v) is 4.46. The molecule has 3 rings (SSSR count). The minimum atomic E-state index is -0.332. The zero-order valence-electron chi connectivity index (χ0n) is 10.6. The molecule has 0 saturated heterocycles. The van der Waals surface area contributed by atoms with Crippen LogP contribution >= 0.6 is 0 Å². The van der Waals surface area contributed by atoms with Gasteiger partial charge in [0.25, 0.3) is 0 Å². The molecule has 0 atom stereocenters. The number of hydrogen-bond donors (Lipinski definition) is 1. The van der Waals surface area contributed by atoms with Crippen molar-refractivity contribution in [3.8, 4) is 5.75 Å². The third-order valence-electron chi connectivity index (χ3n) is 3.10. The number of halogens is 1. The fraction of sp³-hybridized carbons (Fsp3) is 0. The highest BCUT2D eigenvalue weighted by Gasteiger charge is 2.04. The van der Waals surface area contributed by atoms with Crippen molar-refractivity contribution in [1.29, 1.82) is 0 Å². The number of hydrogen-bond acceptors (Lipinski definition) is 2. The first-order valence-corrected chi connectivity index (χ1v) is 6.24. The molecule has 0 aliphatic carbocycles. The molecule has 0 bridgehead atoms. The number of rotatable bonds is 2. The molecule has 0 amide bonds. The molecule has 0 aromatic heterocycles. The molecule has 3 aromatic carbocycles. The van der Waals surface area contributed by atoms with Gasteiger partial charge in [-0.15, -0.1) is 0 Å². The van der Waals surface area contributed by atoms with Gasteiger partial charge < -0.3 is 5.11 Å². The van der Waals surface area contributed by atoms with Gasteiger partial charge in [-0.3, -0.25) is 4.99 Å². The molecule has 2 nitrogen and oxygen atoms in total. The maximum absolute atomic E-state index is 13.1. The van der Waals surface area contributed by atoms with E-state index in [9.17, 15) is 9.50 Å². The van der Waals surface area contributed by atoms with Gasteiger partial charge in [0, 0.05) is 11.8 Å². The molecule has 20 heavy (non-hydrogen) atoms. The van der Waals surface area contributed by atoms with Gasteiger partial charge in [-0.05, 0) is 35.0 Å². The number of fused-ring (bicyclic) bond motifs is 1. The monoisotopic (exact) mass is 265 g/mol. The summed E-state index contributed by atoms with van der Waals surface area (Å²) in [5, 5.41) is 11.9. The van der Waals surface area contributed by atoms with E-state index in [4.69, 9.17) is 0 Å². The van der Waals surface area contributed by atoms with Crippen molar-refractivity contribution < 1.29 is 9.50 Å². The Labute approximate surface area is 115 Å². The van der Waals surface area contributed by atoms with Crippen LogP contribution in [0.5, 0.6) is 5.75 Å². The van der Waals surface area contributed by atoms with Crippen LogP contribution in [0.15, 0.2) is 65.7 Å². The van der Waals surface area contributed by atoms with Gasteiger partial charge in [-0.1, -0.05) is 36.4 Å². The summed E-state index contributed by atoms with van der Waals surface area (Å²) in [5.41, 5.74) is 1.14. The molecule has 3 heteroatoms. The van der Waals surface area contributed by atoms with Crippen LogP contribution in [-0.4, -0.2) is 11.3 Å². The summed E-state index contributed by atoms with van der Waals surface area (Å²) in [4.78, 5) is 4.22. The van der Waals surface area contributed by atoms with Gasteiger partial charge in [0.15, 0.2) is 0 Å². The maximum Gasteiger partial charge on any atom is 0.125 e. The normalized spacial score (nSPS) is 11.2. The van der Waals surface area contributed by atoms with E-state index in [1.165, 1.54) is 12.1 Å². The van der Waals surface area contributed by atoms with Crippen molar-refractivity contribution in [2.24, 2.45) is 4.99 Å². The van der Waals surface area contributed by atoms with E-state index in [1.54, 1.807) is 24.4 Å². The molecule has 98 valence electrons.